The molecule has 0 saturated heterocycles. The van der Waals surface area contributed by atoms with E-state index in [1.165, 1.54) is 24.0 Å². The van der Waals surface area contributed by atoms with Crippen molar-refractivity contribution in [2.75, 3.05) is 6.61 Å². The Balaban J connectivity index is 2.35. The molecule has 1 aromatic rings. The van der Waals surface area contributed by atoms with E-state index < -0.39 is 0 Å². The molecule has 0 amide bonds. The molecule has 0 heterocycles. The summed E-state index contributed by atoms with van der Waals surface area (Å²) in [6, 6.07) is 8.63. The summed E-state index contributed by atoms with van der Waals surface area (Å²) in [5.41, 5.74) is 2.94. The Hall–Kier alpha value is -0.820. The molecule has 1 nitrogen and oxygen atoms in total. The summed E-state index contributed by atoms with van der Waals surface area (Å²) in [5, 5.41) is 9.38. The minimum absolute atomic E-state index is 0.0204. The lowest BCUT2D eigenvalue weighted by molar-refractivity contribution is 0.130. The summed E-state index contributed by atoms with van der Waals surface area (Å²) in [4.78, 5) is 0. The zero-order valence-electron chi connectivity index (χ0n) is 8.96. The first-order valence-corrected chi connectivity index (χ1v) is 5.34. The van der Waals surface area contributed by atoms with Crippen molar-refractivity contribution in [3.8, 4) is 0 Å². The van der Waals surface area contributed by atoms with Gasteiger partial charge in [-0.15, -0.1) is 0 Å². The predicted octanol–water partition coefficient (Wildman–Crippen LogP) is 2.73. The number of aliphatic hydroxyl groups is 1. The fourth-order valence-electron chi connectivity index (χ4n) is 2.48. The van der Waals surface area contributed by atoms with Crippen LogP contribution in [-0.2, 0) is 6.42 Å². The molecule has 14 heavy (non-hydrogen) atoms. The molecule has 0 radical (unpaired) electrons. The summed E-state index contributed by atoms with van der Waals surface area (Å²) in [5.74, 6) is 0.531. The molecular formula is C13H18O. The van der Waals surface area contributed by atoms with Gasteiger partial charge in [-0.3, -0.25) is 0 Å². The van der Waals surface area contributed by atoms with Crippen LogP contribution >= 0.6 is 0 Å². The number of fused-ring (bicyclic) bond motifs is 1. The zero-order valence-corrected chi connectivity index (χ0v) is 8.96. The lowest BCUT2D eigenvalue weighted by atomic mass is 9.76. The van der Waals surface area contributed by atoms with Gasteiger partial charge in [0, 0.05) is 6.61 Å². The van der Waals surface area contributed by atoms with Crippen molar-refractivity contribution in [3.05, 3.63) is 35.4 Å². The third kappa shape index (κ3) is 1.46. The molecule has 1 atom stereocenters. The fraction of sp³-hybridized carbons (Fsp3) is 0.538. The van der Waals surface area contributed by atoms with Crippen molar-refractivity contribution in [3.63, 3.8) is 0 Å². The molecule has 0 aliphatic heterocycles. The Kier molecular flexibility index (Phi) is 2.36. The Labute approximate surface area is 85.8 Å². The van der Waals surface area contributed by atoms with Gasteiger partial charge in [0.1, 0.15) is 0 Å². The van der Waals surface area contributed by atoms with Crippen molar-refractivity contribution < 1.29 is 5.11 Å². The maximum absolute atomic E-state index is 9.38. The number of hydrogen-bond acceptors (Lipinski definition) is 1. The molecule has 1 aliphatic carbocycles. The van der Waals surface area contributed by atoms with Gasteiger partial charge < -0.3 is 5.11 Å². The molecule has 76 valence electrons. The lowest BCUT2D eigenvalue weighted by Gasteiger charge is -2.30. The van der Waals surface area contributed by atoms with Crippen molar-refractivity contribution in [2.24, 2.45) is 5.41 Å². The standard InChI is InChI=1S/C13H18O/c1-13(2,9-14)12-8-7-10-5-3-4-6-11(10)12/h3-6,12,14H,7-9H2,1-2H3. The molecular weight excluding hydrogens is 172 g/mol. The topological polar surface area (TPSA) is 20.2 Å². The number of benzene rings is 1. The van der Waals surface area contributed by atoms with E-state index in [-0.39, 0.29) is 12.0 Å². The summed E-state index contributed by atoms with van der Waals surface area (Å²) in [7, 11) is 0. The van der Waals surface area contributed by atoms with E-state index in [0.29, 0.717) is 5.92 Å². The average molecular weight is 190 g/mol. The zero-order chi connectivity index (χ0) is 10.2. The minimum atomic E-state index is 0.0204. The van der Waals surface area contributed by atoms with Crippen LogP contribution in [0.2, 0.25) is 0 Å². The Morgan fingerprint density at radius 3 is 2.79 bits per heavy atom. The van der Waals surface area contributed by atoms with Crippen LogP contribution in [0.1, 0.15) is 37.3 Å². The van der Waals surface area contributed by atoms with E-state index >= 15 is 0 Å². The van der Waals surface area contributed by atoms with E-state index in [4.69, 9.17) is 0 Å². The van der Waals surface area contributed by atoms with Crippen LogP contribution in [0.15, 0.2) is 24.3 Å². The number of aliphatic hydroxyl groups excluding tert-OH is 1. The lowest BCUT2D eigenvalue weighted by Crippen LogP contribution is -2.24. The van der Waals surface area contributed by atoms with Crippen LogP contribution in [0.3, 0.4) is 0 Å². The highest BCUT2D eigenvalue weighted by molar-refractivity contribution is 5.36. The molecule has 0 spiro atoms. The molecule has 2 rings (SSSR count). The van der Waals surface area contributed by atoms with E-state index in [1.807, 2.05) is 0 Å². The van der Waals surface area contributed by atoms with Gasteiger partial charge in [-0.05, 0) is 35.3 Å². The second-order valence-electron chi connectivity index (χ2n) is 4.94. The summed E-state index contributed by atoms with van der Waals surface area (Å²) < 4.78 is 0. The van der Waals surface area contributed by atoms with E-state index in [9.17, 15) is 5.11 Å². The first kappa shape index (κ1) is 9.72. The third-order valence-corrected chi connectivity index (χ3v) is 3.48. The summed E-state index contributed by atoms with van der Waals surface area (Å²) in [6.45, 7) is 4.57. The van der Waals surface area contributed by atoms with Crippen LogP contribution in [-0.4, -0.2) is 11.7 Å². The largest absolute Gasteiger partial charge is 0.396 e. The smallest absolute Gasteiger partial charge is 0.0487 e. The van der Waals surface area contributed by atoms with E-state index in [0.717, 1.165) is 0 Å². The minimum Gasteiger partial charge on any atom is -0.396 e. The monoisotopic (exact) mass is 190 g/mol. The van der Waals surface area contributed by atoms with Gasteiger partial charge in [0.2, 0.25) is 0 Å². The second-order valence-corrected chi connectivity index (χ2v) is 4.94. The normalized spacial score (nSPS) is 20.9. The van der Waals surface area contributed by atoms with Gasteiger partial charge in [0.15, 0.2) is 0 Å². The predicted molar refractivity (Wildman–Crippen MR) is 58.4 cm³/mol. The van der Waals surface area contributed by atoms with Gasteiger partial charge in [-0.25, -0.2) is 0 Å². The van der Waals surface area contributed by atoms with Gasteiger partial charge in [-0.2, -0.15) is 0 Å². The first-order valence-electron chi connectivity index (χ1n) is 5.34. The number of aryl methyl sites for hydroxylation is 1. The van der Waals surface area contributed by atoms with Crippen LogP contribution in [0.4, 0.5) is 0 Å². The maximum atomic E-state index is 9.38. The second kappa shape index (κ2) is 3.39. The van der Waals surface area contributed by atoms with Gasteiger partial charge >= 0.3 is 0 Å². The maximum Gasteiger partial charge on any atom is 0.0487 e. The van der Waals surface area contributed by atoms with E-state index in [1.54, 1.807) is 0 Å². The van der Waals surface area contributed by atoms with Crippen molar-refractivity contribution >= 4 is 0 Å². The van der Waals surface area contributed by atoms with Crippen molar-refractivity contribution in [1.29, 1.82) is 0 Å². The van der Waals surface area contributed by atoms with Crippen LogP contribution in [0, 0.1) is 5.41 Å². The first-order chi connectivity index (χ1) is 6.65. The van der Waals surface area contributed by atoms with Crippen molar-refractivity contribution in [2.45, 2.75) is 32.6 Å². The highest BCUT2D eigenvalue weighted by atomic mass is 16.3. The number of rotatable bonds is 2. The molecule has 1 aliphatic rings. The Morgan fingerprint density at radius 2 is 2.07 bits per heavy atom. The number of hydrogen-bond donors (Lipinski definition) is 1. The molecule has 1 heteroatoms. The van der Waals surface area contributed by atoms with Gasteiger partial charge in [-0.1, -0.05) is 38.1 Å². The molecule has 1 aromatic carbocycles. The molecule has 0 bridgehead atoms. The Bertz CT molecular complexity index is 328. The molecule has 0 saturated carbocycles. The summed E-state index contributed by atoms with van der Waals surface area (Å²) >= 11 is 0. The third-order valence-electron chi connectivity index (χ3n) is 3.48. The average Bonchev–Trinajstić information content (AvgIpc) is 2.61. The van der Waals surface area contributed by atoms with Crippen LogP contribution in [0.25, 0.3) is 0 Å². The Morgan fingerprint density at radius 1 is 1.36 bits per heavy atom. The summed E-state index contributed by atoms with van der Waals surface area (Å²) in [6.07, 6.45) is 2.36. The highest BCUT2D eigenvalue weighted by Gasteiger charge is 2.34. The van der Waals surface area contributed by atoms with Gasteiger partial charge in [0.05, 0.1) is 0 Å². The van der Waals surface area contributed by atoms with Crippen molar-refractivity contribution in [1.82, 2.24) is 0 Å². The van der Waals surface area contributed by atoms with Crippen LogP contribution in [0.5, 0.6) is 0 Å². The fourth-order valence-corrected chi connectivity index (χ4v) is 2.48. The van der Waals surface area contributed by atoms with E-state index in [2.05, 4.69) is 38.1 Å². The molecule has 0 aromatic heterocycles. The van der Waals surface area contributed by atoms with Crippen LogP contribution < -0.4 is 0 Å². The molecule has 0 fully saturated rings. The van der Waals surface area contributed by atoms with Gasteiger partial charge in [0.25, 0.3) is 0 Å². The SMILES string of the molecule is CC(C)(CO)C1CCc2ccccc21. The quantitative estimate of drug-likeness (QED) is 0.760. The molecule has 1 N–H and O–H groups in total. The highest BCUT2D eigenvalue weighted by Crippen LogP contribution is 2.44. The molecule has 1 unspecified atom stereocenters.